The van der Waals surface area contributed by atoms with Gasteiger partial charge in [0.05, 0.1) is 5.54 Å². The molecule has 2 atom stereocenters. The quantitative estimate of drug-likeness (QED) is 0.781. The first-order valence-electron chi connectivity index (χ1n) is 6.50. The van der Waals surface area contributed by atoms with Crippen LogP contribution in [0.2, 0.25) is 0 Å². The molecule has 1 aliphatic rings. The lowest BCUT2D eigenvalue weighted by Crippen LogP contribution is -2.59. The lowest BCUT2D eigenvalue weighted by Gasteiger charge is -2.42. The highest BCUT2D eigenvalue weighted by Crippen LogP contribution is 2.33. The number of rotatable bonds is 2. The van der Waals surface area contributed by atoms with Gasteiger partial charge >= 0.3 is 6.09 Å². The molecule has 0 aromatic carbocycles. The SMILES string of the molecule is C[C@@H]1CCCC[C@]1(CN)NC(=O)OC(C)(C)C. The molecule has 0 aromatic heterocycles. The van der Waals surface area contributed by atoms with E-state index in [4.69, 9.17) is 10.5 Å². The Labute approximate surface area is 104 Å². The van der Waals surface area contributed by atoms with Crippen molar-refractivity contribution in [1.82, 2.24) is 5.32 Å². The van der Waals surface area contributed by atoms with Gasteiger partial charge in [-0.2, -0.15) is 0 Å². The van der Waals surface area contributed by atoms with Crippen molar-refractivity contribution in [2.45, 2.75) is 64.5 Å². The second-order valence-electron chi connectivity index (χ2n) is 6.13. The molecule has 0 aromatic rings. The molecule has 0 unspecified atom stereocenters. The molecular formula is C13H26N2O2. The topological polar surface area (TPSA) is 64.3 Å². The van der Waals surface area contributed by atoms with E-state index in [1.54, 1.807) is 0 Å². The Morgan fingerprint density at radius 2 is 2.12 bits per heavy atom. The van der Waals surface area contributed by atoms with Crippen molar-refractivity contribution in [2.24, 2.45) is 11.7 Å². The Bertz CT molecular complexity index is 273. The summed E-state index contributed by atoms with van der Waals surface area (Å²) in [6.07, 6.45) is 4.06. The Kier molecular flexibility index (Phi) is 4.42. The maximum Gasteiger partial charge on any atom is 0.408 e. The first-order valence-corrected chi connectivity index (χ1v) is 6.50. The van der Waals surface area contributed by atoms with Crippen molar-refractivity contribution in [1.29, 1.82) is 0 Å². The molecule has 0 bridgehead atoms. The highest BCUT2D eigenvalue weighted by atomic mass is 16.6. The van der Waals surface area contributed by atoms with Gasteiger partial charge in [0, 0.05) is 6.54 Å². The van der Waals surface area contributed by atoms with Gasteiger partial charge in [-0.3, -0.25) is 0 Å². The minimum Gasteiger partial charge on any atom is -0.444 e. The first-order chi connectivity index (χ1) is 7.79. The molecule has 1 aliphatic carbocycles. The minimum atomic E-state index is -0.461. The largest absolute Gasteiger partial charge is 0.444 e. The van der Waals surface area contributed by atoms with Gasteiger partial charge in [-0.1, -0.05) is 19.8 Å². The maximum atomic E-state index is 11.8. The number of nitrogens with two attached hydrogens (primary N) is 1. The zero-order valence-electron chi connectivity index (χ0n) is 11.5. The van der Waals surface area contributed by atoms with Gasteiger partial charge in [0.15, 0.2) is 0 Å². The van der Waals surface area contributed by atoms with Gasteiger partial charge in [-0.15, -0.1) is 0 Å². The monoisotopic (exact) mass is 242 g/mol. The van der Waals surface area contributed by atoms with Crippen LogP contribution in [0.15, 0.2) is 0 Å². The van der Waals surface area contributed by atoms with E-state index in [0.717, 1.165) is 19.3 Å². The van der Waals surface area contributed by atoms with Crippen LogP contribution in [0.5, 0.6) is 0 Å². The normalized spacial score (nSPS) is 29.8. The van der Waals surface area contributed by atoms with Crippen LogP contribution < -0.4 is 11.1 Å². The van der Waals surface area contributed by atoms with Crippen LogP contribution in [0.1, 0.15) is 53.4 Å². The van der Waals surface area contributed by atoms with Gasteiger partial charge in [0.2, 0.25) is 0 Å². The van der Waals surface area contributed by atoms with Crippen molar-refractivity contribution in [3.63, 3.8) is 0 Å². The Morgan fingerprint density at radius 1 is 1.47 bits per heavy atom. The smallest absolute Gasteiger partial charge is 0.408 e. The number of ether oxygens (including phenoxy) is 1. The summed E-state index contributed by atoms with van der Waals surface area (Å²) in [6.45, 7) is 8.24. The lowest BCUT2D eigenvalue weighted by molar-refractivity contribution is 0.0375. The number of carbonyl (C=O) groups excluding carboxylic acids is 1. The molecule has 4 heteroatoms. The molecule has 0 saturated heterocycles. The van der Waals surface area contributed by atoms with E-state index in [9.17, 15) is 4.79 Å². The molecule has 100 valence electrons. The van der Waals surface area contributed by atoms with Crippen LogP contribution in [0.4, 0.5) is 4.79 Å². The second-order valence-corrected chi connectivity index (χ2v) is 6.13. The van der Waals surface area contributed by atoms with Crippen LogP contribution in [-0.4, -0.2) is 23.8 Å². The predicted octanol–water partition coefficient (Wildman–Crippen LogP) is 2.42. The van der Waals surface area contributed by atoms with Gasteiger partial charge in [-0.05, 0) is 39.5 Å². The van der Waals surface area contributed by atoms with Crippen molar-refractivity contribution < 1.29 is 9.53 Å². The summed E-state index contributed by atoms with van der Waals surface area (Å²) in [4.78, 5) is 11.8. The Morgan fingerprint density at radius 3 is 2.59 bits per heavy atom. The van der Waals surface area contributed by atoms with Gasteiger partial charge in [0.25, 0.3) is 0 Å². The molecule has 4 nitrogen and oxygen atoms in total. The fourth-order valence-corrected chi connectivity index (χ4v) is 2.46. The summed E-state index contributed by atoms with van der Waals surface area (Å²) in [7, 11) is 0. The minimum absolute atomic E-state index is 0.277. The fourth-order valence-electron chi connectivity index (χ4n) is 2.46. The summed E-state index contributed by atoms with van der Waals surface area (Å²) in [6, 6.07) is 0. The van der Waals surface area contributed by atoms with Crippen molar-refractivity contribution >= 4 is 6.09 Å². The highest BCUT2D eigenvalue weighted by Gasteiger charge is 2.39. The summed E-state index contributed by atoms with van der Waals surface area (Å²) < 4.78 is 5.31. The summed E-state index contributed by atoms with van der Waals surface area (Å²) >= 11 is 0. The molecule has 0 heterocycles. The Balaban J connectivity index is 2.65. The van der Waals surface area contributed by atoms with Crippen LogP contribution in [0.3, 0.4) is 0 Å². The third-order valence-corrected chi connectivity index (χ3v) is 3.57. The molecule has 17 heavy (non-hydrogen) atoms. The van der Waals surface area contributed by atoms with E-state index >= 15 is 0 Å². The third-order valence-electron chi connectivity index (χ3n) is 3.57. The van der Waals surface area contributed by atoms with Crippen LogP contribution in [0, 0.1) is 5.92 Å². The number of alkyl carbamates (subject to hydrolysis) is 1. The van der Waals surface area contributed by atoms with Gasteiger partial charge < -0.3 is 15.8 Å². The van der Waals surface area contributed by atoms with Crippen LogP contribution in [0.25, 0.3) is 0 Å². The van der Waals surface area contributed by atoms with E-state index < -0.39 is 5.60 Å². The average Bonchev–Trinajstić information content (AvgIpc) is 2.19. The Hall–Kier alpha value is -0.770. The van der Waals surface area contributed by atoms with Crippen molar-refractivity contribution in [2.75, 3.05) is 6.54 Å². The highest BCUT2D eigenvalue weighted by molar-refractivity contribution is 5.69. The summed E-state index contributed by atoms with van der Waals surface area (Å²) in [5.41, 5.74) is 5.13. The van der Waals surface area contributed by atoms with E-state index in [-0.39, 0.29) is 11.6 Å². The predicted molar refractivity (Wildman–Crippen MR) is 68.8 cm³/mol. The van der Waals surface area contributed by atoms with Crippen molar-refractivity contribution in [3.05, 3.63) is 0 Å². The molecule has 1 amide bonds. The number of carbonyl (C=O) groups is 1. The average molecular weight is 242 g/mol. The van der Waals surface area contributed by atoms with E-state index in [0.29, 0.717) is 12.5 Å². The number of amides is 1. The number of hydrogen-bond donors (Lipinski definition) is 2. The molecule has 1 rings (SSSR count). The molecule has 0 aliphatic heterocycles. The third kappa shape index (κ3) is 3.87. The molecule has 0 spiro atoms. The van der Waals surface area contributed by atoms with Crippen LogP contribution >= 0.6 is 0 Å². The van der Waals surface area contributed by atoms with Crippen LogP contribution in [-0.2, 0) is 4.74 Å². The van der Waals surface area contributed by atoms with Gasteiger partial charge in [0.1, 0.15) is 5.60 Å². The summed E-state index contributed by atoms with van der Waals surface area (Å²) in [5, 5.41) is 3.00. The standard InChI is InChI=1S/C13H26N2O2/c1-10-7-5-6-8-13(10,9-14)15-11(16)17-12(2,3)4/h10H,5-9,14H2,1-4H3,(H,15,16)/t10-,13-/m1/s1. The van der Waals surface area contributed by atoms with E-state index in [2.05, 4.69) is 12.2 Å². The molecule has 1 fully saturated rings. The zero-order chi connectivity index (χ0) is 13.1. The zero-order valence-corrected chi connectivity index (χ0v) is 11.5. The molecular weight excluding hydrogens is 216 g/mol. The van der Waals surface area contributed by atoms with E-state index in [1.807, 2.05) is 20.8 Å². The molecule has 3 N–H and O–H groups in total. The summed E-state index contributed by atoms with van der Waals surface area (Å²) in [5.74, 6) is 0.411. The maximum absolute atomic E-state index is 11.8. The molecule has 1 saturated carbocycles. The fraction of sp³-hybridized carbons (Fsp3) is 0.923. The van der Waals surface area contributed by atoms with Crippen molar-refractivity contribution in [3.8, 4) is 0 Å². The lowest BCUT2D eigenvalue weighted by atomic mass is 9.74. The molecule has 0 radical (unpaired) electrons. The van der Waals surface area contributed by atoms with E-state index in [1.165, 1.54) is 6.42 Å². The first kappa shape index (κ1) is 14.3. The second kappa shape index (κ2) is 5.25. The number of hydrogen-bond acceptors (Lipinski definition) is 3. The van der Waals surface area contributed by atoms with Gasteiger partial charge in [-0.25, -0.2) is 4.79 Å². The number of nitrogens with one attached hydrogen (secondary N) is 1.